The first-order valence-corrected chi connectivity index (χ1v) is 7.45. The Morgan fingerprint density at radius 1 is 1.37 bits per heavy atom. The highest BCUT2D eigenvalue weighted by molar-refractivity contribution is 5.36. The maximum Gasteiger partial charge on any atom is 0.147 e. The Labute approximate surface area is 116 Å². The lowest BCUT2D eigenvalue weighted by atomic mass is 10.2. The van der Waals surface area contributed by atoms with Crippen molar-refractivity contribution in [3.63, 3.8) is 0 Å². The predicted molar refractivity (Wildman–Crippen MR) is 79.2 cm³/mol. The van der Waals surface area contributed by atoms with Crippen LogP contribution in [0.25, 0.3) is 0 Å². The van der Waals surface area contributed by atoms with Gasteiger partial charge < -0.3 is 10.2 Å². The van der Waals surface area contributed by atoms with Crippen LogP contribution in [0.3, 0.4) is 0 Å². The minimum Gasteiger partial charge on any atom is -0.355 e. The lowest BCUT2D eigenvalue weighted by Crippen LogP contribution is -2.27. The van der Waals surface area contributed by atoms with Gasteiger partial charge in [-0.25, -0.2) is 4.98 Å². The first-order valence-electron chi connectivity index (χ1n) is 7.45. The molecule has 0 unspecified atom stereocenters. The molecular formula is C15H26N4. The normalized spacial score (nSPS) is 14.9. The molecule has 0 aliphatic heterocycles. The molecule has 1 aliphatic rings. The summed E-state index contributed by atoms with van der Waals surface area (Å²) in [6.07, 6.45) is 6.50. The zero-order valence-corrected chi connectivity index (χ0v) is 12.4. The standard InChI is InChI=1S/C15H26N4/c1-4-19(11-13-5-6-13)15-10-17-9-14(18-15)8-16-7-12(2)3/h9-10,12-13,16H,4-8,11H2,1-3H3. The fourth-order valence-electron chi connectivity index (χ4n) is 2.12. The van der Waals surface area contributed by atoms with Crippen LogP contribution in [0.1, 0.15) is 39.3 Å². The van der Waals surface area contributed by atoms with Crippen molar-refractivity contribution in [3.05, 3.63) is 18.1 Å². The average Bonchev–Trinajstić information content (AvgIpc) is 3.20. The van der Waals surface area contributed by atoms with Gasteiger partial charge in [0.05, 0.1) is 11.9 Å². The summed E-state index contributed by atoms with van der Waals surface area (Å²) >= 11 is 0. The van der Waals surface area contributed by atoms with E-state index in [9.17, 15) is 0 Å². The van der Waals surface area contributed by atoms with Crippen LogP contribution >= 0.6 is 0 Å². The van der Waals surface area contributed by atoms with Gasteiger partial charge in [0, 0.05) is 25.8 Å². The second-order valence-electron chi connectivity index (χ2n) is 5.88. The van der Waals surface area contributed by atoms with Crippen molar-refractivity contribution in [1.29, 1.82) is 0 Å². The maximum atomic E-state index is 4.72. The second kappa shape index (κ2) is 6.85. The molecule has 1 heterocycles. The van der Waals surface area contributed by atoms with E-state index in [1.54, 1.807) is 0 Å². The molecule has 1 saturated carbocycles. The van der Waals surface area contributed by atoms with Crippen LogP contribution in [0.15, 0.2) is 12.4 Å². The molecule has 0 bridgehead atoms. The second-order valence-corrected chi connectivity index (χ2v) is 5.88. The van der Waals surface area contributed by atoms with Crippen molar-refractivity contribution < 1.29 is 0 Å². The number of hydrogen-bond acceptors (Lipinski definition) is 4. The van der Waals surface area contributed by atoms with E-state index in [2.05, 4.69) is 36.0 Å². The molecule has 0 saturated heterocycles. The average molecular weight is 262 g/mol. The summed E-state index contributed by atoms with van der Waals surface area (Å²) in [6, 6.07) is 0. The number of hydrogen-bond donors (Lipinski definition) is 1. The fourth-order valence-corrected chi connectivity index (χ4v) is 2.12. The van der Waals surface area contributed by atoms with Gasteiger partial charge in [0.2, 0.25) is 0 Å². The molecule has 1 aromatic heterocycles. The first-order chi connectivity index (χ1) is 9.19. The molecule has 4 heteroatoms. The van der Waals surface area contributed by atoms with Gasteiger partial charge in [-0.3, -0.25) is 4.98 Å². The predicted octanol–water partition coefficient (Wildman–Crippen LogP) is 2.46. The molecule has 1 fully saturated rings. The summed E-state index contributed by atoms with van der Waals surface area (Å²) in [7, 11) is 0. The van der Waals surface area contributed by atoms with Crippen LogP contribution in [0, 0.1) is 11.8 Å². The van der Waals surface area contributed by atoms with E-state index in [1.165, 1.54) is 12.8 Å². The van der Waals surface area contributed by atoms with E-state index in [1.807, 2.05) is 12.4 Å². The molecule has 0 atom stereocenters. The molecule has 1 aromatic rings. The summed E-state index contributed by atoms with van der Waals surface area (Å²) in [5.41, 5.74) is 1.03. The fraction of sp³-hybridized carbons (Fsp3) is 0.733. The van der Waals surface area contributed by atoms with Crippen LogP contribution in [0.2, 0.25) is 0 Å². The van der Waals surface area contributed by atoms with Gasteiger partial charge >= 0.3 is 0 Å². The van der Waals surface area contributed by atoms with Gasteiger partial charge in [0.25, 0.3) is 0 Å². The summed E-state index contributed by atoms with van der Waals surface area (Å²) in [4.78, 5) is 11.4. The van der Waals surface area contributed by atoms with Crippen LogP contribution in [-0.2, 0) is 6.54 Å². The Morgan fingerprint density at radius 3 is 2.79 bits per heavy atom. The highest BCUT2D eigenvalue weighted by atomic mass is 15.2. The van der Waals surface area contributed by atoms with E-state index >= 15 is 0 Å². The Morgan fingerprint density at radius 2 is 2.16 bits per heavy atom. The van der Waals surface area contributed by atoms with Gasteiger partial charge in [-0.15, -0.1) is 0 Å². The maximum absolute atomic E-state index is 4.72. The zero-order valence-electron chi connectivity index (χ0n) is 12.4. The summed E-state index contributed by atoms with van der Waals surface area (Å²) in [6.45, 7) is 10.6. The lowest BCUT2D eigenvalue weighted by Gasteiger charge is -2.21. The third-order valence-corrected chi connectivity index (χ3v) is 3.41. The molecule has 106 valence electrons. The molecule has 0 spiro atoms. The van der Waals surface area contributed by atoms with Crippen LogP contribution in [0.4, 0.5) is 5.82 Å². The minimum absolute atomic E-state index is 0.665. The minimum atomic E-state index is 0.665. The number of rotatable bonds is 8. The molecule has 19 heavy (non-hydrogen) atoms. The summed E-state index contributed by atoms with van der Waals surface area (Å²) < 4.78 is 0. The monoisotopic (exact) mass is 262 g/mol. The van der Waals surface area contributed by atoms with Crippen molar-refractivity contribution in [2.75, 3.05) is 24.5 Å². The third-order valence-electron chi connectivity index (χ3n) is 3.41. The van der Waals surface area contributed by atoms with Gasteiger partial charge in [-0.2, -0.15) is 0 Å². The van der Waals surface area contributed by atoms with Gasteiger partial charge in [-0.1, -0.05) is 13.8 Å². The van der Waals surface area contributed by atoms with Gasteiger partial charge in [0.1, 0.15) is 5.82 Å². The Hall–Kier alpha value is -1.16. The Kier molecular flexibility index (Phi) is 5.14. The highest BCUT2D eigenvalue weighted by Crippen LogP contribution is 2.30. The zero-order chi connectivity index (χ0) is 13.7. The molecule has 0 amide bonds. The first kappa shape index (κ1) is 14.3. The number of nitrogens with one attached hydrogen (secondary N) is 1. The molecule has 0 aromatic carbocycles. The summed E-state index contributed by atoms with van der Waals surface area (Å²) in [5, 5.41) is 3.42. The molecule has 1 aliphatic carbocycles. The van der Waals surface area contributed by atoms with Crippen molar-refractivity contribution in [3.8, 4) is 0 Å². The van der Waals surface area contributed by atoms with E-state index in [4.69, 9.17) is 4.98 Å². The van der Waals surface area contributed by atoms with Gasteiger partial charge in [-0.05, 0) is 38.1 Å². The quantitative estimate of drug-likeness (QED) is 0.781. The molecule has 0 radical (unpaired) electrons. The van der Waals surface area contributed by atoms with Crippen molar-refractivity contribution in [2.24, 2.45) is 11.8 Å². The highest BCUT2D eigenvalue weighted by Gasteiger charge is 2.24. The van der Waals surface area contributed by atoms with E-state index < -0.39 is 0 Å². The summed E-state index contributed by atoms with van der Waals surface area (Å²) in [5.74, 6) is 2.57. The SMILES string of the molecule is CCN(CC1CC1)c1cncc(CNCC(C)C)n1. The van der Waals surface area contributed by atoms with E-state index in [-0.39, 0.29) is 0 Å². The van der Waals surface area contributed by atoms with Crippen LogP contribution in [0.5, 0.6) is 0 Å². The molecule has 2 rings (SSSR count). The van der Waals surface area contributed by atoms with E-state index in [0.717, 1.165) is 43.6 Å². The van der Waals surface area contributed by atoms with Crippen molar-refractivity contribution in [1.82, 2.24) is 15.3 Å². The largest absolute Gasteiger partial charge is 0.355 e. The molecule has 1 N–H and O–H groups in total. The van der Waals surface area contributed by atoms with Crippen molar-refractivity contribution >= 4 is 5.82 Å². The Balaban J connectivity index is 1.92. The lowest BCUT2D eigenvalue weighted by molar-refractivity contribution is 0.547. The number of nitrogens with zero attached hydrogens (tertiary/aromatic N) is 3. The third kappa shape index (κ3) is 4.78. The van der Waals surface area contributed by atoms with Crippen LogP contribution in [-0.4, -0.2) is 29.6 Å². The Bertz CT molecular complexity index is 387. The smallest absolute Gasteiger partial charge is 0.147 e. The number of aromatic nitrogens is 2. The van der Waals surface area contributed by atoms with Crippen LogP contribution < -0.4 is 10.2 Å². The number of anilines is 1. The topological polar surface area (TPSA) is 41.1 Å². The molecular weight excluding hydrogens is 236 g/mol. The van der Waals surface area contributed by atoms with Crippen molar-refractivity contribution in [2.45, 2.75) is 40.2 Å². The molecule has 4 nitrogen and oxygen atoms in total. The van der Waals surface area contributed by atoms with E-state index in [0.29, 0.717) is 5.92 Å². The van der Waals surface area contributed by atoms with Gasteiger partial charge in [0.15, 0.2) is 0 Å².